The van der Waals surface area contributed by atoms with Crippen LogP contribution < -0.4 is 5.32 Å². The van der Waals surface area contributed by atoms with Crippen LogP contribution in [0.15, 0.2) is 0 Å². The highest BCUT2D eigenvalue weighted by Gasteiger charge is 2.38. The smallest absolute Gasteiger partial charge is 0.165 e. The molecule has 5 heteroatoms. The largest absolute Gasteiger partial charge is 0.308 e. The fraction of sp³-hybridized carbons (Fsp3) is 0.900. The molecule has 0 bridgehead atoms. The van der Waals surface area contributed by atoms with Gasteiger partial charge in [0, 0.05) is 6.04 Å². The number of nitrogens with zero attached hydrogens (tertiary/aromatic N) is 4. The van der Waals surface area contributed by atoms with Crippen LogP contribution >= 0.6 is 0 Å². The average molecular weight is 209 g/mol. The van der Waals surface area contributed by atoms with Gasteiger partial charge in [-0.15, -0.1) is 5.10 Å². The van der Waals surface area contributed by atoms with Crippen molar-refractivity contribution in [1.82, 2.24) is 25.5 Å². The molecule has 0 radical (unpaired) electrons. The summed E-state index contributed by atoms with van der Waals surface area (Å²) in [5.74, 6) is 0.942. The predicted molar refractivity (Wildman–Crippen MR) is 57.1 cm³/mol. The number of nitrogens with one attached hydrogen (secondary N) is 1. The number of hydrogen-bond donors (Lipinski definition) is 1. The van der Waals surface area contributed by atoms with Crippen molar-refractivity contribution in [2.75, 3.05) is 0 Å². The first kappa shape index (κ1) is 10.5. The third-order valence-corrected chi connectivity index (χ3v) is 2.91. The first-order valence-corrected chi connectivity index (χ1v) is 5.57. The topological polar surface area (TPSA) is 55.6 Å². The zero-order valence-corrected chi connectivity index (χ0v) is 9.69. The minimum absolute atomic E-state index is 0.446. The van der Waals surface area contributed by atoms with Crippen LogP contribution in [0.1, 0.15) is 39.4 Å². The van der Waals surface area contributed by atoms with Crippen molar-refractivity contribution in [2.24, 2.45) is 5.41 Å². The fourth-order valence-electron chi connectivity index (χ4n) is 1.50. The van der Waals surface area contributed by atoms with E-state index in [0.717, 1.165) is 18.9 Å². The first-order valence-electron chi connectivity index (χ1n) is 5.57. The van der Waals surface area contributed by atoms with Gasteiger partial charge in [0.25, 0.3) is 0 Å². The molecule has 0 saturated heterocycles. The van der Waals surface area contributed by atoms with E-state index in [1.807, 2.05) is 4.68 Å². The second-order valence-corrected chi connectivity index (χ2v) is 5.10. The van der Waals surface area contributed by atoms with Crippen molar-refractivity contribution in [3.8, 4) is 0 Å². The molecule has 1 aromatic heterocycles. The molecular weight excluding hydrogens is 190 g/mol. The lowest BCUT2D eigenvalue weighted by atomic mass is 10.1. The average Bonchev–Trinajstić information content (AvgIpc) is 2.74. The zero-order chi connectivity index (χ0) is 10.9. The summed E-state index contributed by atoms with van der Waals surface area (Å²) in [4.78, 5) is 0. The van der Waals surface area contributed by atoms with E-state index in [9.17, 15) is 0 Å². The van der Waals surface area contributed by atoms with Crippen molar-refractivity contribution in [3.05, 3.63) is 5.82 Å². The van der Waals surface area contributed by atoms with E-state index in [1.54, 1.807) is 0 Å². The Hall–Kier alpha value is -0.970. The minimum atomic E-state index is 0.446. The van der Waals surface area contributed by atoms with Gasteiger partial charge in [-0.05, 0) is 28.7 Å². The van der Waals surface area contributed by atoms with Crippen LogP contribution in [-0.4, -0.2) is 26.2 Å². The van der Waals surface area contributed by atoms with Gasteiger partial charge in [0.1, 0.15) is 0 Å². The highest BCUT2D eigenvalue weighted by atomic mass is 15.5. The summed E-state index contributed by atoms with van der Waals surface area (Å²) in [7, 11) is 0. The maximum Gasteiger partial charge on any atom is 0.165 e. The van der Waals surface area contributed by atoms with Gasteiger partial charge in [-0.1, -0.05) is 20.8 Å². The summed E-state index contributed by atoms with van der Waals surface area (Å²) in [5, 5.41) is 15.1. The molecule has 0 aliphatic heterocycles. The van der Waals surface area contributed by atoms with Gasteiger partial charge >= 0.3 is 0 Å². The van der Waals surface area contributed by atoms with Gasteiger partial charge in [-0.3, -0.25) is 0 Å². The molecule has 1 aromatic rings. The van der Waals surface area contributed by atoms with Gasteiger partial charge in [-0.2, -0.15) is 0 Å². The van der Waals surface area contributed by atoms with E-state index in [1.165, 1.54) is 12.8 Å². The lowest BCUT2D eigenvalue weighted by molar-refractivity contribution is 0.406. The highest BCUT2D eigenvalue weighted by Crippen LogP contribution is 2.46. The summed E-state index contributed by atoms with van der Waals surface area (Å²) in [6.07, 6.45) is 2.59. The van der Waals surface area contributed by atoms with Crippen molar-refractivity contribution in [2.45, 2.75) is 52.7 Å². The summed E-state index contributed by atoms with van der Waals surface area (Å²) in [6.45, 7) is 8.23. The van der Waals surface area contributed by atoms with Crippen molar-refractivity contribution in [1.29, 1.82) is 0 Å². The van der Waals surface area contributed by atoms with Crippen LogP contribution in [0.3, 0.4) is 0 Å². The molecule has 2 rings (SSSR count). The molecule has 1 aliphatic carbocycles. The molecule has 0 amide bonds. The molecule has 1 fully saturated rings. The standard InChI is InChI=1S/C10H19N5/c1-8(2)11-6-9-12-13-14-15(9)7-10(3)4-5-10/h8,11H,4-7H2,1-3H3. The van der Waals surface area contributed by atoms with Gasteiger partial charge < -0.3 is 5.32 Å². The molecule has 15 heavy (non-hydrogen) atoms. The van der Waals surface area contributed by atoms with E-state index in [2.05, 4.69) is 41.6 Å². The van der Waals surface area contributed by atoms with Crippen LogP contribution in [-0.2, 0) is 13.1 Å². The molecule has 1 heterocycles. The maximum absolute atomic E-state index is 4.04. The predicted octanol–water partition coefficient (Wildman–Crippen LogP) is 0.971. The Morgan fingerprint density at radius 2 is 2.20 bits per heavy atom. The van der Waals surface area contributed by atoms with E-state index in [4.69, 9.17) is 0 Å². The van der Waals surface area contributed by atoms with Crippen LogP contribution in [0.25, 0.3) is 0 Å². The summed E-state index contributed by atoms with van der Waals surface area (Å²) in [6, 6.07) is 0.465. The fourth-order valence-corrected chi connectivity index (χ4v) is 1.50. The third-order valence-electron chi connectivity index (χ3n) is 2.91. The monoisotopic (exact) mass is 209 g/mol. The number of tetrazole rings is 1. The SMILES string of the molecule is CC(C)NCc1nnnn1CC1(C)CC1. The van der Waals surface area contributed by atoms with Crippen LogP contribution in [0.5, 0.6) is 0 Å². The van der Waals surface area contributed by atoms with E-state index >= 15 is 0 Å². The van der Waals surface area contributed by atoms with Crippen molar-refractivity contribution >= 4 is 0 Å². The molecule has 5 nitrogen and oxygen atoms in total. The van der Waals surface area contributed by atoms with Crippen LogP contribution in [0.2, 0.25) is 0 Å². The summed E-state index contributed by atoms with van der Waals surface area (Å²) >= 11 is 0. The maximum atomic E-state index is 4.04. The highest BCUT2D eigenvalue weighted by molar-refractivity contribution is 4.91. The van der Waals surface area contributed by atoms with Crippen LogP contribution in [0.4, 0.5) is 0 Å². The summed E-state index contributed by atoms with van der Waals surface area (Å²) < 4.78 is 1.93. The lowest BCUT2D eigenvalue weighted by Crippen LogP contribution is -2.25. The molecule has 0 atom stereocenters. The molecule has 0 spiro atoms. The van der Waals surface area contributed by atoms with Crippen LogP contribution in [0, 0.1) is 5.41 Å². The Morgan fingerprint density at radius 1 is 1.47 bits per heavy atom. The molecule has 0 unspecified atom stereocenters. The van der Waals surface area contributed by atoms with Crippen molar-refractivity contribution < 1.29 is 0 Å². The second kappa shape index (κ2) is 3.89. The van der Waals surface area contributed by atoms with E-state index in [-0.39, 0.29) is 0 Å². The molecule has 1 N–H and O–H groups in total. The zero-order valence-electron chi connectivity index (χ0n) is 9.69. The molecule has 1 saturated carbocycles. The van der Waals surface area contributed by atoms with Gasteiger partial charge in [-0.25, -0.2) is 4.68 Å². The first-order chi connectivity index (χ1) is 7.09. The molecule has 84 valence electrons. The Balaban J connectivity index is 1.95. The summed E-state index contributed by atoms with van der Waals surface area (Å²) in [5.41, 5.74) is 0.446. The molecule has 0 aromatic carbocycles. The molecule has 1 aliphatic rings. The third kappa shape index (κ3) is 2.75. The Bertz CT molecular complexity index is 326. The van der Waals surface area contributed by atoms with E-state index < -0.39 is 0 Å². The Morgan fingerprint density at radius 3 is 2.80 bits per heavy atom. The normalized spacial score (nSPS) is 18.4. The van der Waals surface area contributed by atoms with Gasteiger partial charge in [0.2, 0.25) is 0 Å². The number of hydrogen-bond acceptors (Lipinski definition) is 4. The Kier molecular flexibility index (Phi) is 2.73. The molecular formula is C10H19N5. The number of rotatable bonds is 5. The van der Waals surface area contributed by atoms with Gasteiger partial charge in [0.15, 0.2) is 5.82 Å². The lowest BCUT2D eigenvalue weighted by Gasteiger charge is -2.11. The van der Waals surface area contributed by atoms with Gasteiger partial charge in [0.05, 0.1) is 13.1 Å². The Labute approximate surface area is 90.2 Å². The van der Waals surface area contributed by atoms with Crippen molar-refractivity contribution in [3.63, 3.8) is 0 Å². The number of aromatic nitrogens is 4. The minimum Gasteiger partial charge on any atom is -0.308 e. The van der Waals surface area contributed by atoms with E-state index in [0.29, 0.717) is 11.5 Å². The second-order valence-electron chi connectivity index (χ2n) is 5.10. The quantitative estimate of drug-likeness (QED) is 0.785.